The van der Waals surface area contributed by atoms with E-state index in [1.54, 1.807) is 13.3 Å². The summed E-state index contributed by atoms with van der Waals surface area (Å²) in [5.74, 6) is 0.840. The zero-order valence-corrected chi connectivity index (χ0v) is 16.4. The Morgan fingerprint density at radius 2 is 2.23 bits per heavy atom. The molecule has 0 atom stereocenters. The van der Waals surface area contributed by atoms with E-state index in [1.807, 2.05) is 42.8 Å². The van der Waals surface area contributed by atoms with Gasteiger partial charge in [-0.2, -0.15) is 0 Å². The van der Waals surface area contributed by atoms with Crippen LogP contribution >= 0.6 is 23.1 Å². The van der Waals surface area contributed by atoms with E-state index in [4.69, 9.17) is 4.74 Å². The third kappa shape index (κ3) is 4.23. The van der Waals surface area contributed by atoms with E-state index < -0.39 is 0 Å². The van der Waals surface area contributed by atoms with Gasteiger partial charge in [0.05, 0.1) is 18.6 Å². The van der Waals surface area contributed by atoms with Crippen LogP contribution in [0, 0.1) is 6.92 Å². The van der Waals surface area contributed by atoms with Crippen LogP contribution in [0.25, 0.3) is 5.69 Å². The van der Waals surface area contributed by atoms with Gasteiger partial charge in [-0.3, -0.25) is 14.7 Å². The lowest BCUT2D eigenvalue weighted by molar-refractivity contribution is -0.113. The second-order valence-corrected chi connectivity index (χ2v) is 7.45. The quantitative estimate of drug-likeness (QED) is 0.624. The molecule has 2 heterocycles. The topological polar surface area (TPSA) is 81.9 Å². The molecule has 1 aromatic carbocycles. The van der Waals surface area contributed by atoms with Gasteiger partial charge in [-0.1, -0.05) is 36.1 Å². The molecule has 3 aromatic rings. The SMILES string of the molecule is CCc1nnc(NC(=O)CSc2nccn2-c2cc(C)ccc2OC)s1. The Morgan fingerprint density at radius 1 is 1.38 bits per heavy atom. The summed E-state index contributed by atoms with van der Waals surface area (Å²) in [4.78, 5) is 16.5. The van der Waals surface area contributed by atoms with Crippen molar-refractivity contribution in [3.63, 3.8) is 0 Å². The number of methoxy groups -OCH3 is 1. The minimum absolute atomic E-state index is 0.139. The van der Waals surface area contributed by atoms with Gasteiger partial charge in [0, 0.05) is 12.4 Å². The molecule has 9 heteroatoms. The van der Waals surface area contributed by atoms with E-state index in [-0.39, 0.29) is 11.7 Å². The molecule has 0 spiro atoms. The molecule has 0 fully saturated rings. The average Bonchev–Trinajstić information content (AvgIpc) is 3.28. The van der Waals surface area contributed by atoms with E-state index in [0.717, 1.165) is 33.6 Å². The van der Waals surface area contributed by atoms with Crippen molar-refractivity contribution in [2.45, 2.75) is 25.4 Å². The number of aryl methyl sites for hydroxylation is 2. The maximum absolute atomic E-state index is 12.2. The molecule has 0 aliphatic carbocycles. The van der Waals surface area contributed by atoms with Gasteiger partial charge < -0.3 is 4.74 Å². The number of hydrogen-bond donors (Lipinski definition) is 1. The number of benzene rings is 1. The predicted octanol–water partition coefficient (Wildman–Crippen LogP) is 3.33. The van der Waals surface area contributed by atoms with E-state index in [1.165, 1.54) is 23.1 Å². The molecule has 0 bridgehead atoms. The van der Waals surface area contributed by atoms with Crippen LogP contribution in [0.4, 0.5) is 5.13 Å². The summed E-state index contributed by atoms with van der Waals surface area (Å²) in [6, 6.07) is 5.94. The molecule has 2 aromatic heterocycles. The summed E-state index contributed by atoms with van der Waals surface area (Å²) in [6.45, 7) is 4.02. The lowest BCUT2D eigenvalue weighted by Gasteiger charge is -2.12. The number of ether oxygens (including phenoxy) is 1. The molecule has 1 amide bonds. The first kappa shape index (κ1) is 18.4. The summed E-state index contributed by atoms with van der Waals surface area (Å²) < 4.78 is 7.37. The Morgan fingerprint density at radius 3 is 2.96 bits per heavy atom. The van der Waals surface area contributed by atoms with Crippen molar-refractivity contribution >= 4 is 34.1 Å². The fourth-order valence-corrected chi connectivity index (χ4v) is 3.76. The number of amides is 1. The van der Waals surface area contributed by atoms with E-state index in [2.05, 4.69) is 20.5 Å². The zero-order valence-electron chi connectivity index (χ0n) is 14.7. The third-order valence-corrected chi connectivity index (χ3v) is 5.50. The van der Waals surface area contributed by atoms with Gasteiger partial charge in [0.1, 0.15) is 10.8 Å². The Labute approximate surface area is 159 Å². The molecular formula is C17H19N5O2S2. The van der Waals surface area contributed by atoms with Gasteiger partial charge in [-0.05, 0) is 31.0 Å². The first-order valence-electron chi connectivity index (χ1n) is 8.04. The van der Waals surface area contributed by atoms with Crippen molar-refractivity contribution in [1.82, 2.24) is 19.7 Å². The van der Waals surface area contributed by atoms with Crippen molar-refractivity contribution in [1.29, 1.82) is 0 Å². The summed E-state index contributed by atoms with van der Waals surface area (Å²) in [5, 5.41) is 12.9. The number of thioether (sulfide) groups is 1. The highest BCUT2D eigenvalue weighted by molar-refractivity contribution is 7.99. The molecule has 0 saturated heterocycles. The highest BCUT2D eigenvalue weighted by atomic mass is 32.2. The van der Waals surface area contributed by atoms with Gasteiger partial charge in [-0.15, -0.1) is 10.2 Å². The van der Waals surface area contributed by atoms with E-state index in [9.17, 15) is 4.79 Å². The highest BCUT2D eigenvalue weighted by Gasteiger charge is 2.14. The highest BCUT2D eigenvalue weighted by Crippen LogP contribution is 2.28. The number of nitrogens with one attached hydrogen (secondary N) is 1. The van der Waals surface area contributed by atoms with Crippen molar-refractivity contribution < 1.29 is 9.53 Å². The van der Waals surface area contributed by atoms with Gasteiger partial charge in [-0.25, -0.2) is 4.98 Å². The van der Waals surface area contributed by atoms with E-state index in [0.29, 0.717) is 5.13 Å². The minimum atomic E-state index is -0.139. The van der Waals surface area contributed by atoms with Crippen molar-refractivity contribution in [3.05, 3.63) is 41.2 Å². The lowest BCUT2D eigenvalue weighted by Crippen LogP contribution is -2.14. The van der Waals surface area contributed by atoms with Crippen LogP contribution in [0.3, 0.4) is 0 Å². The number of hydrogen-bond acceptors (Lipinski definition) is 7. The Bertz CT molecular complexity index is 906. The van der Waals surface area contributed by atoms with Gasteiger partial charge in [0.15, 0.2) is 5.16 Å². The molecule has 0 aliphatic rings. The Kier molecular flexibility index (Phi) is 5.89. The number of aromatic nitrogens is 4. The van der Waals surface area contributed by atoms with Gasteiger partial charge in [0.2, 0.25) is 11.0 Å². The maximum Gasteiger partial charge on any atom is 0.236 e. The molecule has 0 unspecified atom stereocenters. The molecule has 1 N–H and O–H groups in total. The van der Waals surface area contributed by atoms with Crippen LogP contribution < -0.4 is 10.1 Å². The average molecular weight is 390 g/mol. The molecule has 26 heavy (non-hydrogen) atoms. The summed E-state index contributed by atoms with van der Waals surface area (Å²) in [5.41, 5.74) is 2.01. The number of anilines is 1. The molecule has 0 radical (unpaired) electrons. The number of rotatable bonds is 7. The summed E-state index contributed by atoms with van der Waals surface area (Å²) in [6.07, 6.45) is 4.37. The predicted molar refractivity (Wildman–Crippen MR) is 103 cm³/mol. The van der Waals surface area contributed by atoms with Gasteiger partial charge >= 0.3 is 0 Å². The minimum Gasteiger partial charge on any atom is -0.495 e. The van der Waals surface area contributed by atoms with Crippen LogP contribution in [0.5, 0.6) is 5.75 Å². The molecule has 0 saturated carbocycles. The Hall–Kier alpha value is -2.39. The maximum atomic E-state index is 12.2. The summed E-state index contributed by atoms with van der Waals surface area (Å²) >= 11 is 2.74. The van der Waals surface area contributed by atoms with Crippen molar-refractivity contribution in [3.8, 4) is 11.4 Å². The van der Waals surface area contributed by atoms with Crippen molar-refractivity contribution in [2.24, 2.45) is 0 Å². The summed E-state index contributed by atoms with van der Waals surface area (Å²) in [7, 11) is 1.64. The first-order valence-corrected chi connectivity index (χ1v) is 9.84. The molecule has 136 valence electrons. The molecular weight excluding hydrogens is 370 g/mol. The van der Waals surface area contributed by atoms with Crippen LogP contribution in [0.1, 0.15) is 17.5 Å². The molecule has 3 rings (SSSR count). The smallest absolute Gasteiger partial charge is 0.236 e. The first-order chi connectivity index (χ1) is 12.6. The largest absolute Gasteiger partial charge is 0.495 e. The fraction of sp³-hybridized carbons (Fsp3) is 0.294. The fourth-order valence-electron chi connectivity index (χ4n) is 2.30. The third-order valence-electron chi connectivity index (χ3n) is 3.55. The van der Waals surface area contributed by atoms with Crippen LogP contribution in [0.15, 0.2) is 35.7 Å². The van der Waals surface area contributed by atoms with Crippen LogP contribution in [0.2, 0.25) is 0 Å². The number of carbonyl (C=O) groups excluding carboxylic acids is 1. The number of imidazole rings is 1. The van der Waals surface area contributed by atoms with E-state index >= 15 is 0 Å². The van der Waals surface area contributed by atoms with Crippen molar-refractivity contribution in [2.75, 3.05) is 18.2 Å². The van der Waals surface area contributed by atoms with Crippen LogP contribution in [-0.4, -0.2) is 38.5 Å². The second kappa shape index (κ2) is 8.33. The normalized spacial score (nSPS) is 10.7. The standard InChI is InChI=1S/C17H19N5O2S2/c1-4-15-20-21-16(26-15)19-14(23)10-25-17-18-7-8-22(17)12-9-11(2)5-6-13(12)24-3/h5-9H,4,10H2,1-3H3,(H,19,21,23). The molecule has 7 nitrogen and oxygen atoms in total. The lowest BCUT2D eigenvalue weighted by atomic mass is 10.2. The second-order valence-electron chi connectivity index (χ2n) is 5.45. The molecule has 0 aliphatic heterocycles. The number of nitrogens with zero attached hydrogens (tertiary/aromatic N) is 4. The van der Waals surface area contributed by atoms with Gasteiger partial charge in [0.25, 0.3) is 0 Å². The Balaban J connectivity index is 1.69. The number of carbonyl (C=O) groups is 1. The zero-order chi connectivity index (χ0) is 18.5. The monoisotopic (exact) mass is 389 g/mol. The van der Waals surface area contributed by atoms with Crippen LogP contribution in [-0.2, 0) is 11.2 Å².